The van der Waals surface area contributed by atoms with E-state index in [9.17, 15) is 9.90 Å². The summed E-state index contributed by atoms with van der Waals surface area (Å²) in [6.07, 6.45) is 2.73. The monoisotopic (exact) mass is 330 g/mol. The van der Waals surface area contributed by atoms with Gasteiger partial charge in [-0.1, -0.05) is 30.3 Å². The largest absolute Gasteiger partial charge is 0.392 e. The number of aryl methyl sites for hydroxylation is 1. The van der Waals surface area contributed by atoms with Gasteiger partial charge in [-0.15, -0.1) is 11.3 Å². The Balaban J connectivity index is 1.56. The number of nitrogens with one attached hydrogen (secondary N) is 1. The second-order valence-electron chi connectivity index (χ2n) is 6.02. The van der Waals surface area contributed by atoms with Gasteiger partial charge in [-0.25, -0.2) is 4.98 Å². The summed E-state index contributed by atoms with van der Waals surface area (Å²) in [5, 5.41) is 13.7. The van der Waals surface area contributed by atoms with Crippen LogP contribution in [0.5, 0.6) is 0 Å². The van der Waals surface area contributed by atoms with Crippen LogP contribution >= 0.6 is 11.3 Å². The number of hydrogen-bond donors (Lipinski definition) is 2. The molecule has 1 fully saturated rings. The number of aliphatic hydroxyl groups is 1. The molecule has 0 bridgehead atoms. The van der Waals surface area contributed by atoms with Crippen LogP contribution in [0.3, 0.4) is 0 Å². The highest BCUT2D eigenvalue weighted by Gasteiger charge is 2.31. The number of amides is 1. The van der Waals surface area contributed by atoms with E-state index in [-0.39, 0.29) is 11.8 Å². The average Bonchev–Trinajstić information content (AvgIpc) is 3.14. The first-order valence-corrected chi connectivity index (χ1v) is 8.94. The molecule has 0 radical (unpaired) electrons. The molecule has 5 heteroatoms. The molecule has 1 aromatic carbocycles. The zero-order valence-corrected chi connectivity index (χ0v) is 14.1. The van der Waals surface area contributed by atoms with Crippen LogP contribution in [-0.4, -0.2) is 28.6 Å². The Bertz CT molecular complexity index is 669. The Morgan fingerprint density at radius 2 is 2.13 bits per heavy atom. The quantitative estimate of drug-likeness (QED) is 0.886. The van der Waals surface area contributed by atoms with Crippen molar-refractivity contribution in [3.8, 4) is 11.3 Å². The van der Waals surface area contributed by atoms with Gasteiger partial charge in [0.15, 0.2) is 0 Å². The zero-order chi connectivity index (χ0) is 16.2. The molecular weight excluding hydrogens is 308 g/mol. The van der Waals surface area contributed by atoms with Gasteiger partial charge in [-0.2, -0.15) is 0 Å². The smallest absolute Gasteiger partial charge is 0.225 e. The van der Waals surface area contributed by atoms with Crippen LogP contribution < -0.4 is 5.32 Å². The third kappa shape index (κ3) is 3.79. The molecule has 4 nitrogen and oxygen atoms in total. The maximum atomic E-state index is 12.1. The number of carbonyl (C=O) groups is 1. The van der Waals surface area contributed by atoms with Gasteiger partial charge in [0.2, 0.25) is 5.91 Å². The van der Waals surface area contributed by atoms with E-state index >= 15 is 0 Å². The highest BCUT2D eigenvalue weighted by atomic mass is 32.1. The lowest BCUT2D eigenvalue weighted by Crippen LogP contribution is -2.35. The lowest BCUT2D eigenvalue weighted by atomic mass is 10.1. The van der Waals surface area contributed by atoms with Crippen molar-refractivity contribution in [1.29, 1.82) is 0 Å². The number of hydrogen-bond acceptors (Lipinski definition) is 4. The standard InChI is InChI=1S/C18H22N2O2S/c1-12-17(13-6-3-2-4-7-13)20-16(23-12)10-11-19-18(22)14-8-5-9-15(14)21/h2-4,6-7,14-15,21H,5,8-11H2,1H3,(H,19,22). The minimum atomic E-state index is -0.471. The van der Waals surface area contributed by atoms with Crippen molar-refractivity contribution in [2.24, 2.45) is 5.92 Å². The van der Waals surface area contributed by atoms with Gasteiger partial charge in [-0.05, 0) is 26.2 Å². The highest BCUT2D eigenvalue weighted by molar-refractivity contribution is 7.12. The molecule has 1 aromatic heterocycles. The van der Waals surface area contributed by atoms with E-state index in [2.05, 4.69) is 24.4 Å². The van der Waals surface area contributed by atoms with Crippen molar-refractivity contribution in [2.45, 2.75) is 38.7 Å². The predicted molar refractivity (Wildman–Crippen MR) is 92.3 cm³/mol. The summed E-state index contributed by atoms with van der Waals surface area (Å²) < 4.78 is 0. The van der Waals surface area contributed by atoms with Crippen molar-refractivity contribution in [3.05, 3.63) is 40.2 Å². The van der Waals surface area contributed by atoms with Gasteiger partial charge < -0.3 is 10.4 Å². The molecule has 2 N–H and O–H groups in total. The van der Waals surface area contributed by atoms with Gasteiger partial charge in [0.05, 0.1) is 22.7 Å². The molecule has 0 saturated heterocycles. The van der Waals surface area contributed by atoms with Crippen molar-refractivity contribution in [3.63, 3.8) is 0 Å². The van der Waals surface area contributed by atoms with E-state index < -0.39 is 6.10 Å². The Morgan fingerprint density at radius 3 is 2.83 bits per heavy atom. The van der Waals surface area contributed by atoms with Crippen LogP contribution in [0.1, 0.15) is 29.1 Å². The topological polar surface area (TPSA) is 62.2 Å². The third-order valence-electron chi connectivity index (χ3n) is 4.34. The zero-order valence-electron chi connectivity index (χ0n) is 13.3. The normalized spacial score (nSPS) is 20.6. The number of carbonyl (C=O) groups excluding carboxylic acids is 1. The fourth-order valence-corrected chi connectivity index (χ4v) is 4.05. The molecule has 1 heterocycles. The Labute approximate surface area is 140 Å². The lowest BCUT2D eigenvalue weighted by Gasteiger charge is -2.13. The molecular formula is C18H22N2O2S. The molecule has 0 aliphatic heterocycles. The number of benzene rings is 1. The Morgan fingerprint density at radius 1 is 1.35 bits per heavy atom. The number of aromatic nitrogens is 1. The summed E-state index contributed by atoms with van der Waals surface area (Å²) in [4.78, 5) is 18.0. The maximum absolute atomic E-state index is 12.1. The van der Waals surface area contributed by atoms with Crippen LogP contribution in [0.2, 0.25) is 0 Å². The molecule has 2 aromatic rings. The molecule has 122 valence electrons. The lowest BCUT2D eigenvalue weighted by molar-refractivity contribution is -0.127. The summed E-state index contributed by atoms with van der Waals surface area (Å²) in [6.45, 7) is 2.65. The fraction of sp³-hybridized carbons (Fsp3) is 0.444. The minimum absolute atomic E-state index is 0.0217. The SMILES string of the molecule is Cc1sc(CCNC(=O)C2CCCC2O)nc1-c1ccccc1. The van der Waals surface area contributed by atoms with Crippen molar-refractivity contribution in [2.75, 3.05) is 6.54 Å². The van der Waals surface area contributed by atoms with E-state index in [1.807, 2.05) is 18.2 Å². The van der Waals surface area contributed by atoms with Crippen LogP contribution in [0.25, 0.3) is 11.3 Å². The van der Waals surface area contributed by atoms with Crippen LogP contribution in [0.4, 0.5) is 0 Å². The summed E-state index contributed by atoms with van der Waals surface area (Å²) in [5.74, 6) is -0.250. The van der Waals surface area contributed by atoms with Gasteiger partial charge in [0.1, 0.15) is 0 Å². The summed E-state index contributed by atoms with van der Waals surface area (Å²) in [6, 6.07) is 10.2. The first-order chi connectivity index (χ1) is 11.1. The van der Waals surface area contributed by atoms with E-state index in [1.165, 1.54) is 4.88 Å². The van der Waals surface area contributed by atoms with E-state index in [4.69, 9.17) is 4.98 Å². The molecule has 1 saturated carbocycles. The second-order valence-corrected chi connectivity index (χ2v) is 7.31. The van der Waals surface area contributed by atoms with E-state index in [0.29, 0.717) is 6.54 Å². The van der Waals surface area contributed by atoms with Crippen molar-refractivity contribution < 1.29 is 9.90 Å². The molecule has 23 heavy (non-hydrogen) atoms. The predicted octanol–water partition coefficient (Wildman–Crippen LogP) is 2.94. The van der Waals surface area contributed by atoms with Crippen LogP contribution in [-0.2, 0) is 11.2 Å². The molecule has 1 amide bonds. The Hall–Kier alpha value is -1.72. The fourth-order valence-electron chi connectivity index (χ4n) is 3.09. The second kappa shape index (κ2) is 7.23. The summed E-state index contributed by atoms with van der Waals surface area (Å²) in [5.41, 5.74) is 2.16. The first kappa shape index (κ1) is 16.1. The van der Waals surface area contributed by atoms with E-state index in [1.54, 1.807) is 11.3 Å². The summed E-state index contributed by atoms with van der Waals surface area (Å²) in [7, 11) is 0. The highest BCUT2D eigenvalue weighted by Crippen LogP contribution is 2.28. The van der Waals surface area contributed by atoms with Crippen molar-refractivity contribution in [1.82, 2.24) is 10.3 Å². The Kier molecular flexibility index (Phi) is 5.08. The van der Waals surface area contributed by atoms with Gasteiger partial charge in [0, 0.05) is 23.4 Å². The van der Waals surface area contributed by atoms with Gasteiger partial charge in [-0.3, -0.25) is 4.79 Å². The number of rotatable bonds is 5. The number of thiazole rings is 1. The molecule has 2 atom stereocenters. The minimum Gasteiger partial charge on any atom is -0.392 e. The summed E-state index contributed by atoms with van der Waals surface area (Å²) >= 11 is 1.68. The van der Waals surface area contributed by atoms with Crippen LogP contribution in [0, 0.1) is 12.8 Å². The molecule has 1 aliphatic rings. The van der Waals surface area contributed by atoms with Gasteiger partial charge in [0.25, 0.3) is 0 Å². The molecule has 1 aliphatic carbocycles. The molecule has 2 unspecified atom stereocenters. The molecule has 3 rings (SSSR count). The van der Waals surface area contributed by atoms with E-state index in [0.717, 1.165) is 41.9 Å². The maximum Gasteiger partial charge on any atom is 0.225 e. The first-order valence-electron chi connectivity index (χ1n) is 8.12. The number of aliphatic hydroxyl groups excluding tert-OH is 1. The van der Waals surface area contributed by atoms with Crippen LogP contribution in [0.15, 0.2) is 30.3 Å². The van der Waals surface area contributed by atoms with Crippen molar-refractivity contribution >= 4 is 17.2 Å². The third-order valence-corrected chi connectivity index (χ3v) is 5.37. The van der Waals surface area contributed by atoms with Gasteiger partial charge >= 0.3 is 0 Å². The average molecular weight is 330 g/mol. The number of nitrogens with zero attached hydrogens (tertiary/aromatic N) is 1. The molecule has 0 spiro atoms.